The second-order valence-corrected chi connectivity index (χ2v) is 17.4. The molecule has 0 fully saturated rings. The molecule has 55 heavy (non-hydrogen) atoms. The lowest BCUT2D eigenvalue weighted by atomic mass is 9.70. The summed E-state index contributed by atoms with van der Waals surface area (Å²) in [6.45, 7) is 16.8. The van der Waals surface area contributed by atoms with Crippen LogP contribution >= 0.6 is 0 Å². The maximum atomic E-state index is 6.30. The number of fused-ring (bicyclic) bond motifs is 10. The number of aromatic nitrogens is 2. The molecule has 0 saturated carbocycles. The highest BCUT2D eigenvalue weighted by atomic mass is 16.5. The van der Waals surface area contributed by atoms with Crippen LogP contribution in [0.2, 0.25) is 0 Å². The lowest BCUT2D eigenvalue weighted by Gasteiger charge is -2.31. The van der Waals surface area contributed by atoms with Crippen LogP contribution in [0.1, 0.15) is 88.8 Å². The van der Waals surface area contributed by atoms with Gasteiger partial charge in [-0.2, -0.15) is 0 Å². The SMILES string of the molecule is CC1(C)N=C(c2ccc(-c3ccc4c(c3)C3(c5ccccc5-c5ccccc53)c3cc(-c5ccc(C6=NC(C)(C)C(C)(C)O6)cn5)ccc3-4)nc2)OC1(C)C. The highest BCUT2D eigenvalue weighted by Crippen LogP contribution is 2.63. The van der Waals surface area contributed by atoms with E-state index in [4.69, 9.17) is 29.4 Å². The molecule has 4 heterocycles. The molecule has 0 unspecified atom stereocenters. The van der Waals surface area contributed by atoms with Crippen LogP contribution in [0.25, 0.3) is 44.8 Å². The number of pyridine rings is 2. The molecule has 4 aromatic carbocycles. The van der Waals surface area contributed by atoms with Gasteiger partial charge < -0.3 is 9.47 Å². The monoisotopic (exact) mass is 720 g/mol. The van der Waals surface area contributed by atoms with Crippen LogP contribution in [-0.2, 0) is 14.9 Å². The first kappa shape index (κ1) is 33.7. The Bertz CT molecular complexity index is 2460. The van der Waals surface area contributed by atoms with Crippen LogP contribution < -0.4 is 0 Å². The van der Waals surface area contributed by atoms with Crippen LogP contribution in [0.5, 0.6) is 0 Å². The van der Waals surface area contributed by atoms with Crippen LogP contribution in [0.4, 0.5) is 0 Å². The summed E-state index contributed by atoms with van der Waals surface area (Å²) in [5, 5.41) is 0. The first-order valence-corrected chi connectivity index (χ1v) is 19.2. The number of benzene rings is 4. The Hall–Kier alpha value is -5.88. The highest BCUT2D eigenvalue weighted by Gasteiger charge is 2.52. The maximum Gasteiger partial charge on any atom is 0.218 e. The molecular formula is C49H44N4O2. The number of nitrogens with zero attached hydrogens (tertiary/aromatic N) is 4. The van der Waals surface area contributed by atoms with E-state index in [-0.39, 0.29) is 11.1 Å². The smallest absolute Gasteiger partial charge is 0.218 e. The number of aliphatic imine (C=N–C) groups is 2. The normalized spacial score (nSPS) is 19.4. The Balaban J connectivity index is 1.10. The topological polar surface area (TPSA) is 69.0 Å². The van der Waals surface area contributed by atoms with E-state index in [2.05, 4.69) is 165 Å². The van der Waals surface area contributed by atoms with Gasteiger partial charge in [0.1, 0.15) is 11.2 Å². The van der Waals surface area contributed by atoms with Gasteiger partial charge in [0.2, 0.25) is 11.8 Å². The molecule has 4 aliphatic rings. The second-order valence-electron chi connectivity index (χ2n) is 17.4. The average Bonchev–Trinajstić information content (AvgIpc) is 3.79. The molecule has 10 rings (SSSR count). The summed E-state index contributed by atoms with van der Waals surface area (Å²) >= 11 is 0. The van der Waals surface area contributed by atoms with Crippen molar-refractivity contribution in [2.45, 2.75) is 83.1 Å². The molecule has 2 aliphatic heterocycles. The summed E-state index contributed by atoms with van der Waals surface area (Å²) in [7, 11) is 0. The molecule has 0 radical (unpaired) electrons. The van der Waals surface area contributed by atoms with Crippen molar-refractivity contribution >= 4 is 11.8 Å². The molecule has 6 nitrogen and oxygen atoms in total. The van der Waals surface area contributed by atoms with Crippen molar-refractivity contribution in [3.05, 3.63) is 155 Å². The molecule has 0 saturated heterocycles. The van der Waals surface area contributed by atoms with Gasteiger partial charge in [0.25, 0.3) is 0 Å². The minimum atomic E-state index is -0.517. The molecule has 6 heteroatoms. The van der Waals surface area contributed by atoms with E-state index < -0.39 is 16.6 Å². The van der Waals surface area contributed by atoms with Crippen LogP contribution in [0, 0.1) is 0 Å². The number of hydrogen-bond donors (Lipinski definition) is 0. The van der Waals surface area contributed by atoms with Gasteiger partial charge in [-0.3, -0.25) is 9.97 Å². The Morgan fingerprint density at radius 2 is 0.782 bits per heavy atom. The molecule has 6 aromatic rings. The fraction of sp³-hybridized carbons (Fsp3) is 0.265. The van der Waals surface area contributed by atoms with E-state index in [1.807, 2.05) is 12.4 Å². The minimum absolute atomic E-state index is 0.327. The third-order valence-corrected chi connectivity index (χ3v) is 13.1. The maximum absolute atomic E-state index is 6.30. The number of ether oxygens (including phenoxy) is 2. The molecule has 1 spiro atoms. The van der Waals surface area contributed by atoms with Crippen molar-refractivity contribution in [2.24, 2.45) is 9.98 Å². The Morgan fingerprint density at radius 1 is 0.400 bits per heavy atom. The third-order valence-electron chi connectivity index (χ3n) is 13.1. The Labute approximate surface area is 323 Å². The molecule has 272 valence electrons. The van der Waals surface area contributed by atoms with Crippen LogP contribution in [-0.4, -0.2) is 44.0 Å². The van der Waals surface area contributed by atoms with Crippen molar-refractivity contribution in [1.82, 2.24) is 9.97 Å². The van der Waals surface area contributed by atoms with Crippen molar-refractivity contribution in [3.63, 3.8) is 0 Å². The third kappa shape index (κ3) is 4.67. The Morgan fingerprint density at radius 3 is 1.15 bits per heavy atom. The number of rotatable bonds is 4. The molecule has 0 N–H and O–H groups in total. The summed E-state index contributed by atoms with van der Waals surface area (Å²) < 4.78 is 12.6. The predicted octanol–water partition coefficient (Wildman–Crippen LogP) is 10.8. The molecule has 0 bridgehead atoms. The van der Waals surface area contributed by atoms with Crippen molar-refractivity contribution in [2.75, 3.05) is 0 Å². The first-order valence-electron chi connectivity index (χ1n) is 19.2. The predicted molar refractivity (Wildman–Crippen MR) is 221 cm³/mol. The summed E-state index contributed by atoms with van der Waals surface area (Å²) in [6, 6.07) is 39.8. The number of hydrogen-bond acceptors (Lipinski definition) is 6. The summed E-state index contributed by atoms with van der Waals surface area (Å²) in [5.41, 5.74) is 13.9. The van der Waals surface area contributed by atoms with E-state index in [1.54, 1.807) is 0 Å². The van der Waals surface area contributed by atoms with Crippen molar-refractivity contribution in [3.8, 4) is 44.8 Å². The standard InChI is InChI=1S/C49H44N4O2/c1-45(2)47(5,6)54-43(52-45)31-19-23-41(50-27-31)29-17-21-35-36-22-18-30(42-24-20-32(28-51-42)44-53-46(3,4)48(7,8)55-44)26-40(36)49(39(35)25-29)37-15-11-9-13-33(37)34-14-10-12-16-38(34)49/h9-28H,1-8H3. The summed E-state index contributed by atoms with van der Waals surface area (Å²) in [4.78, 5) is 19.8. The lowest BCUT2D eigenvalue weighted by molar-refractivity contribution is 0.0618. The largest absolute Gasteiger partial charge is 0.469 e. The molecular weight excluding hydrogens is 677 g/mol. The van der Waals surface area contributed by atoms with Crippen LogP contribution in [0.3, 0.4) is 0 Å². The Kier molecular flexibility index (Phi) is 6.79. The zero-order valence-corrected chi connectivity index (χ0v) is 32.7. The molecule has 2 aromatic heterocycles. The van der Waals surface area contributed by atoms with Gasteiger partial charge in [0.15, 0.2) is 0 Å². The van der Waals surface area contributed by atoms with E-state index in [9.17, 15) is 0 Å². The van der Waals surface area contributed by atoms with Crippen LogP contribution in [0.15, 0.2) is 132 Å². The van der Waals surface area contributed by atoms with E-state index >= 15 is 0 Å². The van der Waals surface area contributed by atoms with Gasteiger partial charge in [0.05, 0.1) is 39.0 Å². The van der Waals surface area contributed by atoms with Gasteiger partial charge in [-0.25, -0.2) is 9.98 Å². The van der Waals surface area contributed by atoms with Gasteiger partial charge in [-0.15, -0.1) is 0 Å². The molecule has 2 aliphatic carbocycles. The minimum Gasteiger partial charge on any atom is -0.469 e. The molecule has 0 atom stereocenters. The zero-order chi connectivity index (χ0) is 38.1. The average molecular weight is 721 g/mol. The summed E-state index contributed by atoms with van der Waals surface area (Å²) in [6.07, 6.45) is 3.78. The molecule has 0 amide bonds. The van der Waals surface area contributed by atoms with E-state index in [1.165, 1.54) is 44.5 Å². The van der Waals surface area contributed by atoms with Crippen molar-refractivity contribution in [1.29, 1.82) is 0 Å². The quantitative estimate of drug-likeness (QED) is 0.181. The van der Waals surface area contributed by atoms with Gasteiger partial charge in [-0.1, -0.05) is 72.8 Å². The first-order chi connectivity index (χ1) is 26.2. The van der Waals surface area contributed by atoms with Gasteiger partial charge in [0, 0.05) is 23.5 Å². The lowest BCUT2D eigenvalue weighted by Crippen LogP contribution is -2.41. The highest BCUT2D eigenvalue weighted by molar-refractivity contribution is 5.98. The second kappa shape index (κ2) is 11.1. The fourth-order valence-electron chi connectivity index (χ4n) is 8.64. The van der Waals surface area contributed by atoms with Crippen molar-refractivity contribution < 1.29 is 9.47 Å². The van der Waals surface area contributed by atoms with Gasteiger partial charge >= 0.3 is 0 Å². The summed E-state index contributed by atoms with van der Waals surface area (Å²) in [5.74, 6) is 1.29. The zero-order valence-electron chi connectivity index (χ0n) is 32.7. The fourth-order valence-corrected chi connectivity index (χ4v) is 8.64. The van der Waals surface area contributed by atoms with E-state index in [0.717, 1.165) is 33.6 Å². The van der Waals surface area contributed by atoms with Gasteiger partial charge in [-0.05, 0) is 136 Å². The van der Waals surface area contributed by atoms with E-state index in [0.29, 0.717) is 11.8 Å².